The number of hydrogen-bond acceptors (Lipinski definition) is 5. The molecule has 8 nitrogen and oxygen atoms in total. The monoisotopic (exact) mass is 291 g/mol. The number of methoxy groups -OCH3 is 1. The van der Waals surface area contributed by atoms with Crippen LogP contribution in [0.2, 0.25) is 0 Å². The summed E-state index contributed by atoms with van der Waals surface area (Å²) in [5, 5.41) is 10.9. The van der Waals surface area contributed by atoms with Crippen LogP contribution in [0, 0.1) is 13.8 Å². The molecule has 0 radical (unpaired) electrons. The standard InChI is InChI=1S/C13H17N5O3/c1-8-5-6-18(15-8)7-10(19)14-11-9(2)17(3)16-12(11)13(20)21-4/h5-6H,7H2,1-4H3,(H,14,19). The zero-order chi connectivity index (χ0) is 15.6. The Hall–Kier alpha value is -2.64. The fraction of sp³-hybridized carbons (Fsp3) is 0.385. The van der Waals surface area contributed by atoms with Crippen molar-refractivity contribution < 1.29 is 14.3 Å². The molecule has 1 N–H and O–H groups in total. The molecule has 112 valence electrons. The van der Waals surface area contributed by atoms with E-state index in [4.69, 9.17) is 0 Å². The molecule has 1 amide bonds. The van der Waals surface area contributed by atoms with E-state index in [-0.39, 0.29) is 18.1 Å². The first-order valence-corrected chi connectivity index (χ1v) is 6.34. The number of carbonyl (C=O) groups excluding carboxylic acids is 2. The Kier molecular flexibility index (Phi) is 4.06. The molecule has 0 spiro atoms. The predicted octanol–water partition coefficient (Wildman–Crippen LogP) is 0.659. The summed E-state index contributed by atoms with van der Waals surface area (Å²) in [7, 11) is 2.96. The fourth-order valence-corrected chi connectivity index (χ4v) is 1.87. The number of carbonyl (C=O) groups is 2. The van der Waals surface area contributed by atoms with Crippen LogP contribution in [0.4, 0.5) is 5.69 Å². The van der Waals surface area contributed by atoms with Gasteiger partial charge in [0, 0.05) is 13.2 Å². The zero-order valence-corrected chi connectivity index (χ0v) is 12.4. The lowest BCUT2D eigenvalue weighted by Crippen LogP contribution is -2.21. The molecule has 0 saturated carbocycles. The summed E-state index contributed by atoms with van der Waals surface area (Å²) in [5.74, 6) is -0.886. The van der Waals surface area contributed by atoms with Crippen LogP contribution >= 0.6 is 0 Å². The molecule has 2 aromatic rings. The first kappa shape index (κ1) is 14.8. The highest BCUT2D eigenvalue weighted by molar-refractivity contribution is 6.00. The Morgan fingerprint density at radius 3 is 2.62 bits per heavy atom. The zero-order valence-electron chi connectivity index (χ0n) is 12.4. The minimum Gasteiger partial charge on any atom is -0.464 e. The second-order valence-corrected chi connectivity index (χ2v) is 4.63. The van der Waals surface area contributed by atoms with Crippen molar-refractivity contribution in [1.29, 1.82) is 0 Å². The van der Waals surface area contributed by atoms with Crippen LogP contribution in [0.1, 0.15) is 21.9 Å². The number of nitrogens with one attached hydrogen (secondary N) is 1. The average molecular weight is 291 g/mol. The number of esters is 1. The third-order valence-electron chi connectivity index (χ3n) is 3.06. The third-order valence-corrected chi connectivity index (χ3v) is 3.06. The highest BCUT2D eigenvalue weighted by Crippen LogP contribution is 2.20. The summed E-state index contributed by atoms with van der Waals surface area (Å²) in [4.78, 5) is 23.7. The number of aromatic nitrogens is 4. The Balaban J connectivity index is 2.18. The molecule has 0 atom stereocenters. The molecule has 8 heteroatoms. The Bertz CT molecular complexity index is 686. The number of nitrogens with zero attached hydrogens (tertiary/aromatic N) is 4. The maximum atomic E-state index is 12.1. The number of amides is 1. The lowest BCUT2D eigenvalue weighted by atomic mass is 10.3. The highest BCUT2D eigenvalue weighted by Gasteiger charge is 2.22. The smallest absolute Gasteiger partial charge is 0.360 e. The molecule has 0 saturated heterocycles. The van der Waals surface area contributed by atoms with Crippen LogP contribution in [-0.2, 0) is 23.1 Å². The summed E-state index contributed by atoms with van der Waals surface area (Å²) >= 11 is 0. The van der Waals surface area contributed by atoms with Gasteiger partial charge in [0.15, 0.2) is 5.69 Å². The summed E-state index contributed by atoms with van der Waals surface area (Å²) < 4.78 is 7.70. The van der Waals surface area contributed by atoms with Gasteiger partial charge in [0.2, 0.25) is 5.91 Å². The van der Waals surface area contributed by atoms with Crippen molar-refractivity contribution in [2.24, 2.45) is 7.05 Å². The van der Waals surface area contributed by atoms with Gasteiger partial charge in [0.05, 0.1) is 24.2 Å². The summed E-state index contributed by atoms with van der Waals surface area (Å²) in [6.07, 6.45) is 1.71. The summed E-state index contributed by atoms with van der Waals surface area (Å²) in [6.45, 7) is 3.66. The fourth-order valence-electron chi connectivity index (χ4n) is 1.87. The van der Waals surface area contributed by atoms with Crippen molar-refractivity contribution in [3.63, 3.8) is 0 Å². The number of ether oxygens (including phenoxy) is 1. The first-order chi connectivity index (χ1) is 9.92. The Labute approximate surface area is 121 Å². The quantitative estimate of drug-likeness (QED) is 0.836. The van der Waals surface area contributed by atoms with Crippen molar-refractivity contribution in [3.8, 4) is 0 Å². The molecule has 2 aromatic heterocycles. The maximum Gasteiger partial charge on any atom is 0.360 e. The number of anilines is 1. The number of hydrogen-bond donors (Lipinski definition) is 1. The lowest BCUT2D eigenvalue weighted by molar-refractivity contribution is -0.116. The average Bonchev–Trinajstić information content (AvgIpc) is 2.96. The molecule has 0 fully saturated rings. The third kappa shape index (κ3) is 3.10. The normalized spacial score (nSPS) is 10.5. The van der Waals surface area contributed by atoms with E-state index in [0.717, 1.165) is 5.69 Å². The molecule has 0 aliphatic rings. The molecule has 21 heavy (non-hydrogen) atoms. The number of aryl methyl sites for hydroxylation is 2. The van der Waals surface area contributed by atoms with Crippen molar-refractivity contribution in [1.82, 2.24) is 19.6 Å². The second kappa shape index (κ2) is 5.78. The molecule has 2 rings (SSSR count). The minimum absolute atomic E-state index is 0.0583. The van der Waals surface area contributed by atoms with Gasteiger partial charge in [-0.15, -0.1) is 0 Å². The van der Waals surface area contributed by atoms with Gasteiger partial charge in [-0.25, -0.2) is 4.79 Å². The molecule has 0 aromatic carbocycles. The second-order valence-electron chi connectivity index (χ2n) is 4.63. The van der Waals surface area contributed by atoms with Gasteiger partial charge in [-0.2, -0.15) is 10.2 Å². The van der Waals surface area contributed by atoms with E-state index in [1.807, 2.05) is 13.0 Å². The van der Waals surface area contributed by atoms with Gasteiger partial charge < -0.3 is 10.1 Å². The van der Waals surface area contributed by atoms with E-state index in [1.165, 1.54) is 16.5 Å². The van der Waals surface area contributed by atoms with Crippen LogP contribution in [-0.4, -0.2) is 38.5 Å². The van der Waals surface area contributed by atoms with E-state index in [2.05, 4.69) is 20.3 Å². The molecular weight excluding hydrogens is 274 g/mol. The van der Waals surface area contributed by atoms with Gasteiger partial charge >= 0.3 is 5.97 Å². The Morgan fingerprint density at radius 1 is 1.33 bits per heavy atom. The van der Waals surface area contributed by atoms with Gasteiger partial charge in [0.25, 0.3) is 0 Å². The molecule has 0 aliphatic carbocycles. The minimum atomic E-state index is -0.594. The maximum absolute atomic E-state index is 12.1. The van der Waals surface area contributed by atoms with Crippen molar-refractivity contribution in [2.75, 3.05) is 12.4 Å². The summed E-state index contributed by atoms with van der Waals surface area (Å²) in [6, 6.07) is 1.81. The van der Waals surface area contributed by atoms with Crippen LogP contribution < -0.4 is 5.32 Å². The van der Waals surface area contributed by atoms with Crippen molar-refractivity contribution >= 4 is 17.6 Å². The van der Waals surface area contributed by atoms with Gasteiger partial charge in [-0.3, -0.25) is 14.2 Å². The lowest BCUT2D eigenvalue weighted by Gasteiger charge is -2.06. The number of rotatable bonds is 4. The molecule has 2 heterocycles. The van der Waals surface area contributed by atoms with Gasteiger partial charge in [0.1, 0.15) is 6.54 Å². The van der Waals surface area contributed by atoms with E-state index < -0.39 is 5.97 Å². The predicted molar refractivity (Wildman–Crippen MR) is 74.9 cm³/mol. The van der Waals surface area contributed by atoms with Crippen molar-refractivity contribution in [3.05, 3.63) is 29.3 Å². The highest BCUT2D eigenvalue weighted by atomic mass is 16.5. The van der Waals surface area contributed by atoms with Gasteiger partial charge in [-0.1, -0.05) is 0 Å². The first-order valence-electron chi connectivity index (χ1n) is 6.34. The van der Waals surface area contributed by atoms with E-state index >= 15 is 0 Å². The molecule has 0 unspecified atom stereocenters. The van der Waals surface area contributed by atoms with E-state index in [1.54, 1.807) is 20.2 Å². The SMILES string of the molecule is COC(=O)c1nn(C)c(C)c1NC(=O)Cn1ccc(C)n1. The summed E-state index contributed by atoms with van der Waals surface area (Å²) in [5.41, 5.74) is 1.94. The van der Waals surface area contributed by atoms with Crippen LogP contribution in [0.15, 0.2) is 12.3 Å². The molecular formula is C13H17N5O3. The molecule has 0 bridgehead atoms. The Morgan fingerprint density at radius 2 is 2.05 bits per heavy atom. The van der Waals surface area contributed by atoms with Crippen LogP contribution in [0.5, 0.6) is 0 Å². The van der Waals surface area contributed by atoms with Crippen molar-refractivity contribution in [2.45, 2.75) is 20.4 Å². The molecule has 0 aliphatic heterocycles. The largest absolute Gasteiger partial charge is 0.464 e. The van der Waals surface area contributed by atoms with Crippen LogP contribution in [0.25, 0.3) is 0 Å². The van der Waals surface area contributed by atoms with Gasteiger partial charge in [-0.05, 0) is 19.9 Å². The van der Waals surface area contributed by atoms with Crippen LogP contribution in [0.3, 0.4) is 0 Å². The van der Waals surface area contributed by atoms with E-state index in [9.17, 15) is 9.59 Å². The topological polar surface area (TPSA) is 91.0 Å². The van der Waals surface area contributed by atoms with E-state index in [0.29, 0.717) is 11.4 Å².